The number of hydrogen-bond donors (Lipinski definition) is 1. The van der Waals surface area contributed by atoms with Crippen LogP contribution in [0.5, 0.6) is 0 Å². The van der Waals surface area contributed by atoms with E-state index in [2.05, 4.69) is 21.2 Å². The van der Waals surface area contributed by atoms with Crippen LogP contribution in [0.1, 0.15) is 30.1 Å². The number of halogens is 1. The number of hydrogen-bond acceptors (Lipinski definition) is 3. The lowest BCUT2D eigenvalue weighted by Crippen LogP contribution is -2.34. The molecule has 1 amide bonds. The molecule has 0 radical (unpaired) electrons. The molecule has 0 atom stereocenters. The molecule has 1 aromatic rings. The Balaban J connectivity index is 2.23. The molecule has 90 valence electrons. The van der Waals surface area contributed by atoms with Gasteiger partial charge in [-0.2, -0.15) is 0 Å². The van der Waals surface area contributed by atoms with Crippen molar-refractivity contribution in [3.8, 4) is 0 Å². The van der Waals surface area contributed by atoms with E-state index in [9.17, 15) is 14.9 Å². The molecule has 0 bridgehead atoms. The quantitative estimate of drug-likeness (QED) is 0.689. The first-order valence-corrected chi connectivity index (χ1v) is 5.97. The predicted octanol–water partition coefficient (Wildman–Crippen LogP) is 2.64. The van der Waals surface area contributed by atoms with Crippen molar-refractivity contribution in [1.82, 2.24) is 5.32 Å². The number of nitrogens with one attached hydrogen (secondary N) is 1. The summed E-state index contributed by atoms with van der Waals surface area (Å²) in [5.74, 6) is -0.263. The van der Waals surface area contributed by atoms with Crippen molar-refractivity contribution < 1.29 is 9.72 Å². The van der Waals surface area contributed by atoms with Crippen molar-refractivity contribution in [1.29, 1.82) is 0 Å². The Morgan fingerprint density at radius 1 is 1.53 bits per heavy atom. The van der Waals surface area contributed by atoms with E-state index >= 15 is 0 Å². The van der Waals surface area contributed by atoms with Gasteiger partial charge in [0.05, 0.1) is 9.40 Å². The minimum absolute atomic E-state index is 0.0985. The zero-order valence-corrected chi connectivity index (χ0v) is 10.8. The number of benzene rings is 1. The maximum Gasteiger partial charge on any atom is 0.284 e. The zero-order valence-electron chi connectivity index (χ0n) is 9.20. The van der Waals surface area contributed by atoms with Crippen molar-refractivity contribution in [3.05, 3.63) is 38.3 Å². The molecular formula is C11H11BrN2O3. The monoisotopic (exact) mass is 298 g/mol. The second-order valence-corrected chi connectivity index (χ2v) is 5.29. The molecular weight excluding hydrogens is 288 g/mol. The first kappa shape index (κ1) is 12.0. The lowest BCUT2D eigenvalue weighted by atomic mass is 10.1. The number of rotatable bonds is 3. The highest BCUT2D eigenvalue weighted by Gasteiger charge is 2.38. The van der Waals surface area contributed by atoms with Crippen LogP contribution in [-0.2, 0) is 0 Å². The summed E-state index contributed by atoms with van der Waals surface area (Å²) in [6, 6.07) is 4.37. The SMILES string of the molecule is CC1(NC(=O)c2ccc(Br)c([N+](=O)[O-])c2)CC1. The average molecular weight is 299 g/mol. The molecule has 1 saturated carbocycles. The second-order valence-electron chi connectivity index (χ2n) is 4.44. The molecule has 0 aromatic heterocycles. The molecule has 1 N–H and O–H groups in total. The van der Waals surface area contributed by atoms with Gasteiger partial charge >= 0.3 is 0 Å². The average Bonchev–Trinajstić information content (AvgIpc) is 2.96. The van der Waals surface area contributed by atoms with Crippen LogP contribution in [0.4, 0.5) is 5.69 Å². The third-order valence-electron chi connectivity index (χ3n) is 2.82. The van der Waals surface area contributed by atoms with E-state index in [1.165, 1.54) is 12.1 Å². The maximum atomic E-state index is 11.8. The number of nitro groups is 1. The Morgan fingerprint density at radius 2 is 2.18 bits per heavy atom. The molecule has 2 rings (SSSR count). The van der Waals surface area contributed by atoms with Crippen LogP contribution in [0.2, 0.25) is 0 Å². The van der Waals surface area contributed by atoms with Crippen LogP contribution < -0.4 is 5.32 Å². The Kier molecular flexibility index (Phi) is 2.91. The third-order valence-corrected chi connectivity index (χ3v) is 3.49. The fourth-order valence-corrected chi connectivity index (χ4v) is 1.84. The molecule has 1 aliphatic carbocycles. The molecule has 5 nitrogen and oxygen atoms in total. The van der Waals surface area contributed by atoms with Gasteiger partial charge < -0.3 is 5.32 Å². The highest BCUT2D eigenvalue weighted by Crippen LogP contribution is 2.35. The van der Waals surface area contributed by atoms with Gasteiger partial charge in [-0.25, -0.2) is 0 Å². The first-order valence-electron chi connectivity index (χ1n) is 5.18. The molecule has 0 saturated heterocycles. The van der Waals surface area contributed by atoms with Crippen LogP contribution in [0.15, 0.2) is 22.7 Å². The number of nitro benzene ring substituents is 1. The lowest BCUT2D eigenvalue weighted by Gasteiger charge is -2.11. The summed E-state index contributed by atoms with van der Waals surface area (Å²) in [5, 5.41) is 13.6. The minimum atomic E-state index is -0.514. The summed E-state index contributed by atoms with van der Waals surface area (Å²) in [5.41, 5.74) is 0.0884. The van der Waals surface area contributed by atoms with E-state index in [4.69, 9.17) is 0 Å². The molecule has 1 aromatic carbocycles. The normalized spacial score (nSPS) is 16.4. The summed E-state index contributed by atoms with van der Waals surface area (Å²) in [6.07, 6.45) is 1.91. The van der Waals surface area contributed by atoms with Crippen LogP contribution in [0, 0.1) is 10.1 Å². The van der Waals surface area contributed by atoms with Crippen LogP contribution in [0.25, 0.3) is 0 Å². The van der Waals surface area contributed by atoms with Gasteiger partial charge in [-0.05, 0) is 47.8 Å². The number of amides is 1. The summed E-state index contributed by atoms with van der Waals surface area (Å²) in [7, 11) is 0. The first-order chi connectivity index (χ1) is 7.91. The van der Waals surface area contributed by atoms with Gasteiger partial charge in [-0.3, -0.25) is 14.9 Å². The Bertz CT molecular complexity index is 497. The number of nitrogens with zero attached hydrogens (tertiary/aromatic N) is 1. The third kappa shape index (κ3) is 2.63. The zero-order chi connectivity index (χ0) is 12.6. The van der Waals surface area contributed by atoms with Crippen molar-refractivity contribution in [2.75, 3.05) is 0 Å². The van der Waals surface area contributed by atoms with Gasteiger partial charge in [0.1, 0.15) is 0 Å². The standard InChI is InChI=1S/C11H11BrN2O3/c1-11(4-5-11)13-10(15)7-2-3-8(12)9(6-7)14(16)17/h2-3,6H,4-5H2,1H3,(H,13,15). The van der Waals surface area contributed by atoms with Gasteiger partial charge in [-0.15, -0.1) is 0 Å². The maximum absolute atomic E-state index is 11.8. The van der Waals surface area contributed by atoms with E-state index in [1.807, 2.05) is 6.92 Å². The van der Waals surface area contributed by atoms with Crippen molar-refractivity contribution in [3.63, 3.8) is 0 Å². The van der Waals surface area contributed by atoms with Crippen molar-refractivity contribution >= 4 is 27.5 Å². The van der Waals surface area contributed by atoms with E-state index < -0.39 is 4.92 Å². The Morgan fingerprint density at radius 3 is 2.71 bits per heavy atom. The smallest absolute Gasteiger partial charge is 0.284 e. The van der Waals surface area contributed by atoms with E-state index in [1.54, 1.807) is 6.07 Å². The highest BCUT2D eigenvalue weighted by molar-refractivity contribution is 9.10. The summed E-state index contributed by atoms with van der Waals surface area (Å²) in [6.45, 7) is 1.96. The fraction of sp³-hybridized carbons (Fsp3) is 0.364. The molecule has 17 heavy (non-hydrogen) atoms. The topological polar surface area (TPSA) is 72.2 Å². The van der Waals surface area contributed by atoms with Crippen LogP contribution in [-0.4, -0.2) is 16.4 Å². The molecule has 0 spiro atoms. The second kappa shape index (κ2) is 4.10. The molecule has 0 unspecified atom stereocenters. The Hall–Kier alpha value is -1.43. The fourth-order valence-electron chi connectivity index (χ4n) is 1.45. The van der Waals surface area contributed by atoms with Gasteiger partial charge in [0.2, 0.25) is 0 Å². The number of carbonyl (C=O) groups excluding carboxylic acids is 1. The number of carbonyl (C=O) groups is 1. The van der Waals surface area contributed by atoms with Crippen molar-refractivity contribution in [2.45, 2.75) is 25.3 Å². The molecule has 1 fully saturated rings. The molecule has 1 aliphatic rings. The minimum Gasteiger partial charge on any atom is -0.347 e. The Labute approximate surface area is 106 Å². The summed E-state index contributed by atoms with van der Waals surface area (Å²) < 4.78 is 0.372. The lowest BCUT2D eigenvalue weighted by molar-refractivity contribution is -0.385. The van der Waals surface area contributed by atoms with Gasteiger partial charge in [0.15, 0.2) is 0 Å². The van der Waals surface area contributed by atoms with Crippen LogP contribution in [0.3, 0.4) is 0 Å². The molecule has 0 heterocycles. The van der Waals surface area contributed by atoms with Crippen molar-refractivity contribution in [2.24, 2.45) is 0 Å². The summed E-state index contributed by atoms with van der Waals surface area (Å²) in [4.78, 5) is 22.1. The largest absolute Gasteiger partial charge is 0.347 e. The predicted molar refractivity (Wildman–Crippen MR) is 65.9 cm³/mol. The highest BCUT2D eigenvalue weighted by atomic mass is 79.9. The van der Waals surface area contributed by atoms with E-state index in [0.717, 1.165) is 12.8 Å². The molecule has 0 aliphatic heterocycles. The van der Waals surface area contributed by atoms with Gasteiger partial charge in [0, 0.05) is 17.2 Å². The van der Waals surface area contributed by atoms with E-state index in [0.29, 0.717) is 10.0 Å². The molecule has 6 heteroatoms. The van der Waals surface area contributed by atoms with Crippen LogP contribution >= 0.6 is 15.9 Å². The van der Waals surface area contributed by atoms with E-state index in [-0.39, 0.29) is 17.1 Å². The summed E-state index contributed by atoms with van der Waals surface area (Å²) >= 11 is 3.08. The van der Waals surface area contributed by atoms with Gasteiger partial charge in [0.25, 0.3) is 11.6 Å². The van der Waals surface area contributed by atoms with Gasteiger partial charge in [-0.1, -0.05) is 0 Å².